The van der Waals surface area contributed by atoms with E-state index in [9.17, 15) is 8.42 Å². The Morgan fingerprint density at radius 3 is 2.63 bits per heavy atom. The summed E-state index contributed by atoms with van der Waals surface area (Å²) in [5.74, 6) is 0.369. The van der Waals surface area contributed by atoms with E-state index in [0.717, 1.165) is 25.9 Å². The lowest BCUT2D eigenvalue weighted by Gasteiger charge is -2.22. The quantitative estimate of drug-likeness (QED) is 0.894. The summed E-state index contributed by atoms with van der Waals surface area (Å²) in [6, 6.07) is 4.42. The van der Waals surface area contributed by atoms with Gasteiger partial charge in [0.1, 0.15) is 4.90 Å². The molecule has 0 radical (unpaired) electrons. The molecular weight excluding hydrogens is 307 g/mol. The summed E-state index contributed by atoms with van der Waals surface area (Å²) in [6.07, 6.45) is 1.96. The first-order valence-electron chi connectivity index (χ1n) is 6.14. The number of rotatable bonds is 4. The van der Waals surface area contributed by atoms with E-state index < -0.39 is 10.0 Å². The van der Waals surface area contributed by atoms with Crippen molar-refractivity contribution >= 4 is 33.2 Å². The minimum Gasteiger partial charge on any atom is -0.317 e. The van der Waals surface area contributed by atoms with Crippen molar-refractivity contribution in [2.45, 2.75) is 17.7 Å². The molecule has 7 heteroatoms. The number of nitrogens with one attached hydrogen (secondary N) is 2. The number of hydrogen-bond acceptors (Lipinski definition) is 3. The third-order valence-corrected chi connectivity index (χ3v) is 5.34. The Morgan fingerprint density at radius 1 is 1.26 bits per heavy atom. The van der Waals surface area contributed by atoms with Gasteiger partial charge in [-0.1, -0.05) is 23.2 Å². The molecule has 0 amide bonds. The van der Waals surface area contributed by atoms with Crippen LogP contribution >= 0.6 is 23.2 Å². The Hall–Kier alpha value is -0.330. The molecule has 0 aromatic heterocycles. The molecule has 19 heavy (non-hydrogen) atoms. The van der Waals surface area contributed by atoms with Crippen LogP contribution in [0.15, 0.2) is 23.1 Å². The second kappa shape index (κ2) is 6.41. The van der Waals surface area contributed by atoms with Crippen LogP contribution in [0.2, 0.25) is 10.0 Å². The molecule has 2 rings (SSSR count). The lowest BCUT2D eigenvalue weighted by atomic mass is 9.99. The predicted molar refractivity (Wildman–Crippen MR) is 77.2 cm³/mol. The van der Waals surface area contributed by atoms with Crippen molar-refractivity contribution in [2.75, 3.05) is 19.6 Å². The zero-order chi connectivity index (χ0) is 13.9. The minimum absolute atomic E-state index is 0.0376. The summed E-state index contributed by atoms with van der Waals surface area (Å²) >= 11 is 11.7. The van der Waals surface area contributed by atoms with Crippen molar-refractivity contribution in [1.29, 1.82) is 0 Å². The number of hydrogen-bond donors (Lipinski definition) is 2. The maximum Gasteiger partial charge on any atom is 0.242 e. The highest BCUT2D eigenvalue weighted by Crippen LogP contribution is 2.25. The van der Waals surface area contributed by atoms with Gasteiger partial charge < -0.3 is 5.32 Å². The Balaban J connectivity index is 2.07. The van der Waals surface area contributed by atoms with E-state index in [1.54, 1.807) is 6.07 Å². The van der Waals surface area contributed by atoms with Crippen molar-refractivity contribution in [3.8, 4) is 0 Å². The van der Waals surface area contributed by atoms with Crippen LogP contribution in [0.5, 0.6) is 0 Å². The normalized spacial score (nSPS) is 17.6. The van der Waals surface area contributed by atoms with Crippen LogP contribution in [0.3, 0.4) is 0 Å². The second-order valence-corrected chi connectivity index (χ2v) is 7.20. The third-order valence-electron chi connectivity index (χ3n) is 3.20. The van der Waals surface area contributed by atoms with Gasteiger partial charge in [-0.05, 0) is 50.0 Å². The van der Waals surface area contributed by atoms with Crippen molar-refractivity contribution in [3.05, 3.63) is 28.2 Å². The van der Waals surface area contributed by atoms with Gasteiger partial charge >= 0.3 is 0 Å². The van der Waals surface area contributed by atoms with Crippen LogP contribution in [0.25, 0.3) is 0 Å². The fraction of sp³-hybridized carbons (Fsp3) is 0.500. The van der Waals surface area contributed by atoms with Gasteiger partial charge in [0.05, 0.1) is 5.02 Å². The Bertz CT molecular complexity index is 543. The van der Waals surface area contributed by atoms with Gasteiger partial charge in [0, 0.05) is 11.6 Å². The third kappa shape index (κ3) is 4.07. The summed E-state index contributed by atoms with van der Waals surface area (Å²) in [7, 11) is -3.60. The molecule has 1 fully saturated rings. The summed E-state index contributed by atoms with van der Waals surface area (Å²) in [5, 5.41) is 3.78. The fourth-order valence-electron chi connectivity index (χ4n) is 2.07. The summed E-state index contributed by atoms with van der Waals surface area (Å²) in [4.78, 5) is 0.0376. The van der Waals surface area contributed by atoms with Crippen molar-refractivity contribution in [3.63, 3.8) is 0 Å². The molecule has 0 atom stereocenters. The summed E-state index contributed by atoms with van der Waals surface area (Å²) in [5.41, 5.74) is 0. The van der Waals surface area contributed by atoms with Gasteiger partial charge in [0.2, 0.25) is 10.0 Å². The van der Waals surface area contributed by atoms with Crippen molar-refractivity contribution in [2.24, 2.45) is 5.92 Å². The van der Waals surface area contributed by atoms with Gasteiger partial charge in [0.25, 0.3) is 0 Å². The predicted octanol–water partition coefficient (Wildman–Crippen LogP) is 2.27. The Morgan fingerprint density at radius 2 is 1.95 bits per heavy atom. The van der Waals surface area contributed by atoms with Crippen LogP contribution in [0.4, 0.5) is 0 Å². The largest absolute Gasteiger partial charge is 0.317 e. The molecule has 0 aliphatic carbocycles. The highest BCUT2D eigenvalue weighted by molar-refractivity contribution is 7.89. The maximum atomic E-state index is 12.2. The monoisotopic (exact) mass is 322 g/mol. The van der Waals surface area contributed by atoms with Crippen molar-refractivity contribution < 1.29 is 8.42 Å². The van der Waals surface area contributed by atoms with E-state index in [1.165, 1.54) is 12.1 Å². The molecule has 1 aromatic carbocycles. The van der Waals surface area contributed by atoms with E-state index in [0.29, 0.717) is 17.5 Å². The minimum atomic E-state index is -3.60. The SMILES string of the molecule is O=S(=O)(NCC1CCNCC1)c1cc(Cl)ccc1Cl. The van der Waals surface area contributed by atoms with Gasteiger partial charge in [-0.25, -0.2) is 13.1 Å². The smallest absolute Gasteiger partial charge is 0.242 e. The van der Waals surface area contributed by atoms with E-state index in [4.69, 9.17) is 23.2 Å². The molecule has 1 saturated heterocycles. The zero-order valence-electron chi connectivity index (χ0n) is 10.3. The Labute approximate surface area is 123 Å². The lowest BCUT2D eigenvalue weighted by molar-refractivity contribution is 0.372. The van der Waals surface area contributed by atoms with Crippen LogP contribution in [-0.2, 0) is 10.0 Å². The zero-order valence-corrected chi connectivity index (χ0v) is 12.7. The summed E-state index contributed by atoms with van der Waals surface area (Å²) in [6.45, 7) is 2.31. The molecule has 2 N–H and O–H groups in total. The number of benzene rings is 1. The molecule has 1 aliphatic heterocycles. The first-order valence-corrected chi connectivity index (χ1v) is 8.38. The average Bonchev–Trinajstić information content (AvgIpc) is 2.40. The first-order chi connectivity index (χ1) is 8.99. The van der Waals surface area contributed by atoms with Crippen LogP contribution < -0.4 is 10.0 Å². The van der Waals surface area contributed by atoms with Crippen molar-refractivity contribution in [1.82, 2.24) is 10.0 Å². The second-order valence-electron chi connectivity index (χ2n) is 4.62. The van der Waals surface area contributed by atoms with Crippen LogP contribution in [-0.4, -0.2) is 28.1 Å². The molecule has 1 heterocycles. The van der Waals surface area contributed by atoms with E-state index in [-0.39, 0.29) is 9.92 Å². The van der Waals surface area contributed by atoms with Gasteiger partial charge in [-0.2, -0.15) is 0 Å². The maximum absolute atomic E-state index is 12.2. The standard InChI is InChI=1S/C12H16Cl2N2O2S/c13-10-1-2-11(14)12(7-10)19(17,18)16-8-9-3-5-15-6-4-9/h1-2,7,9,15-16H,3-6,8H2. The topological polar surface area (TPSA) is 58.2 Å². The van der Waals surface area contributed by atoms with E-state index in [2.05, 4.69) is 10.0 Å². The molecule has 4 nitrogen and oxygen atoms in total. The van der Waals surface area contributed by atoms with Gasteiger partial charge in [0.15, 0.2) is 0 Å². The molecule has 0 saturated carbocycles. The highest BCUT2D eigenvalue weighted by atomic mass is 35.5. The van der Waals surface area contributed by atoms with Crippen LogP contribution in [0.1, 0.15) is 12.8 Å². The fourth-order valence-corrected chi connectivity index (χ4v) is 3.95. The average molecular weight is 323 g/mol. The van der Waals surface area contributed by atoms with Gasteiger partial charge in [-0.3, -0.25) is 0 Å². The molecule has 0 spiro atoms. The highest BCUT2D eigenvalue weighted by Gasteiger charge is 2.21. The molecule has 0 bridgehead atoms. The molecule has 106 valence electrons. The lowest BCUT2D eigenvalue weighted by Crippen LogP contribution is -2.36. The molecule has 1 aliphatic rings. The van der Waals surface area contributed by atoms with E-state index in [1.807, 2.05) is 0 Å². The molecule has 0 unspecified atom stereocenters. The number of piperidine rings is 1. The van der Waals surface area contributed by atoms with E-state index >= 15 is 0 Å². The Kier molecular flexibility index (Phi) is 5.09. The number of sulfonamides is 1. The summed E-state index contributed by atoms with van der Waals surface area (Å²) < 4.78 is 27.0. The number of halogens is 2. The van der Waals surface area contributed by atoms with Gasteiger partial charge in [-0.15, -0.1) is 0 Å². The van der Waals surface area contributed by atoms with Crippen LogP contribution in [0, 0.1) is 5.92 Å². The first kappa shape index (κ1) is 15.1. The molecular formula is C12H16Cl2N2O2S. The molecule has 1 aromatic rings.